The van der Waals surface area contributed by atoms with Gasteiger partial charge in [0, 0.05) is 0 Å². The highest BCUT2D eigenvalue weighted by Gasteiger charge is 2.07. The van der Waals surface area contributed by atoms with E-state index in [1.165, 1.54) is 5.39 Å². The first-order chi connectivity index (χ1) is 7.33. The third kappa shape index (κ3) is 1.81. The summed E-state index contributed by atoms with van der Waals surface area (Å²) < 4.78 is 0. The Labute approximate surface area is 88.1 Å². The van der Waals surface area contributed by atoms with Crippen molar-refractivity contribution in [3.8, 4) is 0 Å². The summed E-state index contributed by atoms with van der Waals surface area (Å²) >= 11 is 0. The van der Waals surface area contributed by atoms with Crippen molar-refractivity contribution in [3.63, 3.8) is 0 Å². The number of hydrogen-bond acceptors (Lipinski definition) is 2. The molecule has 2 aromatic rings. The van der Waals surface area contributed by atoms with Crippen LogP contribution in [0, 0.1) is 4.91 Å². The summed E-state index contributed by atoms with van der Waals surface area (Å²) in [5, 5.41) is 5.05. The monoisotopic (exact) mass is 200 g/mol. The quantitative estimate of drug-likeness (QED) is 0.610. The van der Waals surface area contributed by atoms with Crippen LogP contribution in [0.1, 0.15) is 18.5 Å². The zero-order chi connectivity index (χ0) is 10.7. The van der Waals surface area contributed by atoms with Gasteiger partial charge in [0.15, 0.2) is 0 Å². The first-order valence-corrected chi connectivity index (χ1v) is 4.88. The summed E-state index contributed by atoms with van der Waals surface area (Å²) in [6, 6.07) is 14.1. The van der Waals surface area contributed by atoms with Gasteiger partial charge < -0.3 is 0 Å². The van der Waals surface area contributed by atoms with Gasteiger partial charge in [-0.2, -0.15) is 0 Å². The Morgan fingerprint density at radius 3 is 2.67 bits per heavy atom. The molecule has 76 valence electrons. The second-order valence-corrected chi connectivity index (χ2v) is 3.51. The van der Waals surface area contributed by atoms with Crippen LogP contribution >= 0.6 is 0 Å². The molecule has 0 aliphatic heterocycles. The molecule has 1 atom stereocenters. The first-order valence-electron chi connectivity index (χ1n) is 4.88. The van der Waals surface area contributed by atoms with Gasteiger partial charge in [-0.25, -0.2) is 0 Å². The van der Waals surface area contributed by atoms with E-state index in [4.69, 9.17) is 0 Å². The summed E-state index contributed by atoms with van der Waals surface area (Å²) in [7, 11) is 0. The lowest BCUT2D eigenvalue weighted by molar-refractivity contribution is 0.604. The third-order valence-corrected chi connectivity index (χ3v) is 2.54. The van der Waals surface area contributed by atoms with Gasteiger partial charge in [-0.3, -0.25) is 5.43 Å². The van der Waals surface area contributed by atoms with Gasteiger partial charge in [0.2, 0.25) is 0 Å². The van der Waals surface area contributed by atoms with E-state index in [9.17, 15) is 4.91 Å². The summed E-state index contributed by atoms with van der Waals surface area (Å²) in [6.45, 7) is 1.92. The lowest BCUT2D eigenvalue weighted by atomic mass is 10.0. The summed E-state index contributed by atoms with van der Waals surface area (Å²) in [4.78, 5) is 10.2. The molecule has 0 saturated carbocycles. The molecule has 0 spiro atoms. The molecule has 0 saturated heterocycles. The molecule has 1 unspecified atom stereocenters. The van der Waals surface area contributed by atoms with Crippen LogP contribution in [0.2, 0.25) is 0 Å². The normalized spacial score (nSPS) is 12.3. The highest BCUT2D eigenvalue weighted by atomic mass is 16.3. The van der Waals surface area contributed by atoms with Crippen LogP contribution in [0.5, 0.6) is 0 Å². The van der Waals surface area contributed by atoms with Crippen molar-refractivity contribution < 1.29 is 0 Å². The summed E-state index contributed by atoms with van der Waals surface area (Å²) in [5.41, 5.74) is 3.61. The maximum absolute atomic E-state index is 10.2. The molecule has 3 heteroatoms. The van der Waals surface area contributed by atoms with Crippen molar-refractivity contribution in [3.05, 3.63) is 52.9 Å². The molecule has 0 heterocycles. The summed E-state index contributed by atoms with van der Waals surface area (Å²) in [5.74, 6) is 0. The van der Waals surface area contributed by atoms with Crippen LogP contribution in [0.4, 0.5) is 0 Å². The van der Waals surface area contributed by atoms with E-state index in [1.807, 2.05) is 37.3 Å². The zero-order valence-corrected chi connectivity index (χ0v) is 8.47. The smallest absolute Gasteiger partial charge is 0.0699 e. The molecule has 0 aliphatic carbocycles. The van der Waals surface area contributed by atoms with Gasteiger partial charge in [-0.05, 0) is 23.3 Å². The SMILES string of the molecule is CC(NN=O)c1cccc2ccccc12. The van der Waals surface area contributed by atoms with E-state index < -0.39 is 0 Å². The second-order valence-electron chi connectivity index (χ2n) is 3.51. The van der Waals surface area contributed by atoms with Gasteiger partial charge in [0.1, 0.15) is 0 Å². The second kappa shape index (κ2) is 4.09. The predicted octanol–water partition coefficient (Wildman–Crippen LogP) is 3.17. The fourth-order valence-electron chi connectivity index (χ4n) is 1.78. The molecule has 1 N–H and O–H groups in total. The average Bonchev–Trinajstić information content (AvgIpc) is 2.28. The van der Waals surface area contributed by atoms with Gasteiger partial charge in [0.25, 0.3) is 0 Å². The summed E-state index contributed by atoms with van der Waals surface area (Å²) in [6.07, 6.45) is 0. The highest BCUT2D eigenvalue weighted by Crippen LogP contribution is 2.23. The van der Waals surface area contributed by atoms with Gasteiger partial charge in [-0.1, -0.05) is 42.5 Å². The molecular weight excluding hydrogens is 188 g/mol. The minimum Gasteiger partial charge on any atom is -0.267 e. The van der Waals surface area contributed by atoms with Crippen molar-refractivity contribution in [1.29, 1.82) is 0 Å². The Morgan fingerprint density at radius 2 is 1.87 bits per heavy atom. The van der Waals surface area contributed by atoms with Crippen molar-refractivity contribution in [1.82, 2.24) is 5.43 Å². The number of nitrogens with one attached hydrogen (secondary N) is 1. The number of nitroso groups, excluding NO2 is 1. The first kappa shape index (κ1) is 9.65. The number of fused-ring (bicyclic) bond motifs is 1. The van der Waals surface area contributed by atoms with E-state index >= 15 is 0 Å². The lowest BCUT2D eigenvalue weighted by Crippen LogP contribution is -2.11. The molecule has 0 bridgehead atoms. The number of rotatable bonds is 3. The molecule has 0 amide bonds. The Kier molecular flexibility index (Phi) is 2.63. The average molecular weight is 200 g/mol. The highest BCUT2D eigenvalue weighted by molar-refractivity contribution is 5.86. The van der Waals surface area contributed by atoms with Crippen LogP contribution < -0.4 is 5.43 Å². The van der Waals surface area contributed by atoms with Gasteiger partial charge in [-0.15, -0.1) is 4.91 Å². The largest absolute Gasteiger partial charge is 0.267 e. The van der Waals surface area contributed by atoms with Crippen LogP contribution in [0.15, 0.2) is 47.8 Å². The Hall–Kier alpha value is -1.90. The van der Waals surface area contributed by atoms with E-state index in [0.29, 0.717) is 0 Å². The Bertz CT molecular complexity index is 477. The molecule has 15 heavy (non-hydrogen) atoms. The molecule has 2 aromatic carbocycles. The topological polar surface area (TPSA) is 41.5 Å². The molecule has 0 radical (unpaired) electrons. The fourth-order valence-corrected chi connectivity index (χ4v) is 1.78. The molecular formula is C12H12N2O. The minimum atomic E-state index is -0.0615. The molecule has 0 aromatic heterocycles. The van der Waals surface area contributed by atoms with Crippen LogP contribution in [-0.2, 0) is 0 Å². The molecule has 3 nitrogen and oxygen atoms in total. The van der Waals surface area contributed by atoms with E-state index in [1.54, 1.807) is 0 Å². The fraction of sp³-hybridized carbons (Fsp3) is 0.167. The van der Waals surface area contributed by atoms with Crippen molar-refractivity contribution in [2.45, 2.75) is 13.0 Å². The molecule has 0 aliphatic rings. The maximum Gasteiger partial charge on any atom is 0.0699 e. The van der Waals surface area contributed by atoms with E-state index in [-0.39, 0.29) is 6.04 Å². The van der Waals surface area contributed by atoms with Crippen molar-refractivity contribution >= 4 is 10.8 Å². The Balaban J connectivity index is 2.55. The van der Waals surface area contributed by atoms with Crippen LogP contribution in [0.25, 0.3) is 10.8 Å². The Morgan fingerprint density at radius 1 is 1.13 bits per heavy atom. The molecule has 0 fully saturated rings. The number of nitrogens with zero attached hydrogens (tertiary/aromatic N) is 1. The lowest BCUT2D eigenvalue weighted by Gasteiger charge is -2.12. The zero-order valence-electron chi connectivity index (χ0n) is 8.47. The predicted molar refractivity (Wildman–Crippen MR) is 61.3 cm³/mol. The third-order valence-electron chi connectivity index (χ3n) is 2.54. The number of hydrogen-bond donors (Lipinski definition) is 1. The van der Waals surface area contributed by atoms with Crippen molar-refractivity contribution in [2.24, 2.45) is 5.29 Å². The molecule has 2 rings (SSSR count). The van der Waals surface area contributed by atoms with Crippen LogP contribution in [0.3, 0.4) is 0 Å². The van der Waals surface area contributed by atoms with Crippen LogP contribution in [-0.4, -0.2) is 0 Å². The van der Waals surface area contributed by atoms with Crippen molar-refractivity contribution in [2.75, 3.05) is 0 Å². The number of benzene rings is 2. The minimum absolute atomic E-state index is 0.0615. The maximum atomic E-state index is 10.2. The van der Waals surface area contributed by atoms with Gasteiger partial charge >= 0.3 is 0 Å². The standard InChI is InChI=1S/C12H12N2O/c1-9(13-14-15)11-8-4-6-10-5-2-3-7-12(10)11/h2-9H,1H3,(H,13,15). The van der Waals surface area contributed by atoms with E-state index in [2.05, 4.69) is 22.8 Å². The van der Waals surface area contributed by atoms with Gasteiger partial charge in [0.05, 0.1) is 11.3 Å². The van der Waals surface area contributed by atoms with E-state index in [0.717, 1.165) is 10.9 Å².